The zero-order chi connectivity index (χ0) is 34.6. The molecule has 5 rings (SSSR count). The van der Waals surface area contributed by atoms with E-state index in [1.807, 2.05) is 33.8 Å². The standard InChI is InChI=1S/C35H49BrN6O6/c1-5-9-25(29(44)32(46)38-24-12-13-24)39-31(45)27-17-35(16-26(41-48-35)22-15-23(36)19-37-18-22)20-42(27)33(47)30(34(2,3)4)40-28(43)14-21-10-7-6-8-11-21/h15,18-19,21,24-25,27,30H,5-14,16-17,20H2,1-4H3,(H,38,46)(H,39,45)(H,40,43)/t25-,27-,30+,35?/m0/s1. The number of pyridine rings is 1. The van der Waals surface area contributed by atoms with E-state index in [2.05, 4.69) is 42.0 Å². The molecule has 3 heterocycles. The van der Waals surface area contributed by atoms with Crippen LogP contribution in [0.2, 0.25) is 0 Å². The molecule has 2 saturated carbocycles. The minimum Gasteiger partial charge on any atom is -0.387 e. The van der Waals surface area contributed by atoms with Gasteiger partial charge >= 0.3 is 0 Å². The quantitative estimate of drug-likeness (QED) is 0.275. The number of carbonyl (C=O) groups is 5. The Kier molecular flexibility index (Phi) is 11.3. The van der Waals surface area contributed by atoms with E-state index in [0.717, 1.165) is 48.6 Å². The van der Waals surface area contributed by atoms with Crippen molar-refractivity contribution in [2.45, 2.75) is 135 Å². The minimum absolute atomic E-state index is 0.000893. The first-order chi connectivity index (χ1) is 22.8. The van der Waals surface area contributed by atoms with E-state index in [1.165, 1.54) is 11.3 Å². The van der Waals surface area contributed by atoms with E-state index in [9.17, 15) is 24.0 Å². The van der Waals surface area contributed by atoms with Gasteiger partial charge in [0.15, 0.2) is 5.60 Å². The van der Waals surface area contributed by atoms with Crippen LogP contribution in [-0.2, 0) is 28.8 Å². The predicted octanol–water partition coefficient (Wildman–Crippen LogP) is 3.94. The van der Waals surface area contributed by atoms with Crippen LogP contribution in [0.1, 0.15) is 110 Å². The molecule has 12 nitrogen and oxygen atoms in total. The molecule has 1 unspecified atom stereocenters. The molecular weight excluding hydrogens is 680 g/mol. The monoisotopic (exact) mass is 728 g/mol. The minimum atomic E-state index is -1.03. The van der Waals surface area contributed by atoms with Crippen LogP contribution in [0.5, 0.6) is 0 Å². The van der Waals surface area contributed by atoms with Crippen molar-refractivity contribution in [3.8, 4) is 0 Å². The predicted molar refractivity (Wildman–Crippen MR) is 183 cm³/mol. The van der Waals surface area contributed by atoms with Gasteiger partial charge in [-0.1, -0.05) is 58.5 Å². The summed E-state index contributed by atoms with van der Waals surface area (Å²) in [6.07, 6.45) is 12.0. The highest BCUT2D eigenvalue weighted by Gasteiger charge is 2.55. The Balaban J connectivity index is 1.38. The number of nitrogens with zero attached hydrogens (tertiary/aromatic N) is 3. The fraction of sp³-hybridized carbons (Fsp3) is 0.686. The molecule has 48 heavy (non-hydrogen) atoms. The maximum atomic E-state index is 14.5. The SMILES string of the molecule is CCC[C@H](NC(=O)[C@@H]1CC2(CC(c3cncc(Br)c3)=NO2)CN1C(=O)[C@@H](NC(=O)CC1CCCCC1)C(C)(C)C)C(=O)C(=O)NC1CC1. The third-order valence-corrected chi connectivity index (χ3v) is 10.3. The van der Waals surface area contributed by atoms with Gasteiger partial charge in [0, 0.05) is 47.7 Å². The topological polar surface area (TPSA) is 159 Å². The highest BCUT2D eigenvalue weighted by molar-refractivity contribution is 9.10. The maximum absolute atomic E-state index is 14.5. The first-order valence-corrected chi connectivity index (χ1v) is 18.2. The van der Waals surface area contributed by atoms with E-state index in [4.69, 9.17) is 4.84 Å². The maximum Gasteiger partial charge on any atom is 0.289 e. The van der Waals surface area contributed by atoms with Crippen molar-refractivity contribution in [3.63, 3.8) is 0 Å². The van der Waals surface area contributed by atoms with E-state index >= 15 is 0 Å². The molecule has 4 atom stereocenters. The van der Waals surface area contributed by atoms with E-state index in [0.29, 0.717) is 30.9 Å². The summed E-state index contributed by atoms with van der Waals surface area (Å²) >= 11 is 3.45. The Labute approximate surface area is 291 Å². The normalized spacial score (nSPS) is 24.0. The van der Waals surface area contributed by atoms with Gasteiger partial charge < -0.3 is 25.7 Å². The largest absolute Gasteiger partial charge is 0.387 e. The summed E-state index contributed by atoms with van der Waals surface area (Å²) in [5.74, 6) is -2.24. The zero-order valence-electron chi connectivity index (χ0n) is 28.5. The van der Waals surface area contributed by atoms with Crippen LogP contribution in [0.15, 0.2) is 28.1 Å². The van der Waals surface area contributed by atoms with Gasteiger partial charge in [-0.25, -0.2) is 0 Å². The number of hydrogen-bond donors (Lipinski definition) is 3. The molecule has 0 bridgehead atoms. The van der Waals surface area contributed by atoms with Gasteiger partial charge in [-0.3, -0.25) is 29.0 Å². The Morgan fingerprint density at radius 3 is 2.44 bits per heavy atom. The third kappa shape index (κ3) is 8.81. The van der Waals surface area contributed by atoms with Crippen molar-refractivity contribution in [1.82, 2.24) is 25.8 Å². The van der Waals surface area contributed by atoms with Gasteiger partial charge in [-0.2, -0.15) is 0 Å². The van der Waals surface area contributed by atoms with E-state index in [-0.39, 0.29) is 31.3 Å². The molecule has 4 amide bonds. The van der Waals surface area contributed by atoms with E-state index < -0.39 is 52.6 Å². The number of likely N-dealkylation sites (tertiary alicyclic amines) is 1. The van der Waals surface area contributed by atoms with Crippen molar-refractivity contribution >= 4 is 51.1 Å². The average Bonchev–Trinajstić information content (AvgIpc) is 3.63. The molecule has 262 valence electrons. The van der Waals surface area contributed by atoms with Crippen molar-refractivity contribution < 1.29 is 28.8 Å². The Morgan fingerprint density at radius 1 is 1.06 bits per heavy atom. The molecule has 1 aromatic heterocycles. The fourth-order valence-corrected chi connectivity index (χ4v) is 7.37. The second kappa shape index (κ2) is 15.0. The van der Waals surface area contributed by atoms with Crippen LogP contribution in [0.25, 0.3) is 0 Å². The van der Waals surface area contributed by atoms with Crippen LogP contribution in [-0.4, -0.2) is 81.3 Å². The number of nitrogens with one attached hydrogen (secondary N) is 3. The lowest BCUT2D eigenvalue weighted by Gasteiger charge is -2.36. The molecule has 1 saturated heterocycles. The van der Waals surface area contributed by atoms with Crippen LogP contribution in [0.3, 0.4) is 0 Å². The smallest absolute Gasteiger partial charge is 0.289 e. The zero-order valence-corrected chi connectivity index (χ0v) is 30.1. The lowest BCUT2D eigenvalue weighted by atomic mass is 9.84. The number of oxime groups is 1. The number of rotatable bonds is 12. The molecule has 4 aliphatic rings. The number of carbonyl (C=O) groups excluding carboxylic acids is 5. The molecular formula is C35H49BrN6O6. The lowest BCUT2D eigenvalue weighted by Crippen LogP contribution is -2.59. The Morgan fingerprint density at radius 2 is 1.79 bits per heavy atom. The molecule has 3 N–H and O–H groups in total. The van der Waals surface area contributed by atoms with Crippen molar-refractivity contribution in [2.75, 3.05) is 6.54 Å². The first-order valence-electron chi connectivity index (χ1n) is 17.4. The highest BCUT2D eigenvalue weighted by atomic mass is 79.9. The molecule has 1 aromatic rings. The fourth-order valence-electron chi connectivity index (χ4n) is 7.01. The summed E-state index contributed by atoms with van der Waals surface area (Å²) in [4.78, 5) is 79.6. The first kappa shape index (κ1) is 35.9. The lowest BCUT2D eigenvalue weighted by molar-refractivity contribution is -0.145. The van der Waals surface area contributed by atoms with Crippen molar-refractivity contribution in [2.24, 2.45) is 16.5 Å². The Bertz CT molecular complexity index is 1430. The summed E-state index contributed by atoms with van der Waals surface area (Å²) < 4.78 is 0.776. The number of Topliss-reactive ketones (excluding diaryl/α,β-unsaturated/α-hetero) is 1. The molecule has 13 heteroatoms. The molecule has 2 aliphatic heterocycles. The van der Waals surface area contributed by atoms with Crippen LogP contribution < -0.4 is 16.0 Å². The molecule has 0 aromatic carbocycles. The number of amides is 4. The number of hydrogen-bond acceptors (Lipinski definition) is 8. The Hall–Kier alpha value is -3.35. The summed E-state index contributed by atoms with van der Waals surface area (Å²) in [5.41, 5.74) is -0.277. The third-order valence-electron chi connectivity index (χ3n) is 9.83. The van der Waals surface area contributed by atoms with Gasteiger partial charge in [0.05, 0.1) is 18.3 Å². The van der Waals surface area contributed by atoms with Crippen LogP contribution in [0.4, 0.5) is 0 Å². The molecule has 2 aliphatic carbocycles. The van der Waals surface area contributed by atoms with Crippen molar-refractivity contribution in [3.05, 3.63) is 28.5 Å². The van der Waals surface area contributed by atoms with Gasteiger partial charge in [0.25, 0.3) is 5.91 Å². The number of halogens is 1. The van der Waals surface area contributed by atoms with Gasteiger partial charge in [-0.15, -0.1) is 0 Å². The highest BCUT2D eigenvalue weighted by Crippen LogP contribution is 2.40. The van der Waals surface area contributed by atoms with Crippen molar-refractivity contribution in [1.29, 1.82) is 0 Å². The van der Waals surface area contributed by atoms with Gasteiger partial charge in [0.1, 0.15) is 12.1 Å². The van der Waals surface area contributed by atoms with Gasteiger partial charge in [-0.05, 0) is 65.4 Å². The average molecular weight is 730 g/mol. The van der Waals surface area contributed by atoms with Crippen LogP contribution in [0, 0.1) is 11.3 Å². The summed E-state index contributed by atoms with van der Waals surface area (Å²) in [7, 11) is 0. The molecule has 0 radical (unpaired) electrons. The second-order valence-corrected chi connectivity index (χ2v) is 16.0. The summed E-state index contributed by atoms with van der Waals surface area (Å²) in [6.45, 7) is 7.59. The second-order valence-electron chi connectivity index (χ2n) is 15.1. The van der Waals surface area contributed by atoms with Gasteiger partial charge in [0.2, 0.25) is 23.5 Å². The molecule has 3 fully saturated rings. The van der Waals surface area contributed by atoms with E-state index in [1.54, 1.807) is 12.4 Å². The summed E-state index contributed by atoms with van der Waals surface area (Å²) in [5, 5.41) is 12.9. The number of aromatic nitrogens is 1. The van der Waals surface area contributed by atoms with Crippen LogP contribution >= 0.6 is 15.9 Å². The molecule has 1 spiro atoms. The number of ketones is 1. The summed E-state index contributed by atoms with van der Waals surface area (Å²) in [6, 6.07) is -1.09.